The predicted octanol–water partition coefficient (Wildman–Crippen LogP) is -0.257. The van der Waals surface area contributed by atoms with Crippen molar-refractivity contribution in [3.8, 4) is 0 Å². The van der Waals surface area contributed by atoms with Gasteiger partial charge in [-0.05, 0) is 0 Å². The summed E-state index contributed by atoms with van der Waals surface area (Å²) in [5.74, 6) is -2.37. The van der Waals surface area contributed by atoms with Crippen molar-refractivity contribution in [2.24, 2.45) is 0 Å². The molecular weight excluding hydrogens is 312 g/mol. The van der Waals surface area contributed by atoms with Gasteiger partial charge in [0.1, 0.15) is 12.7 Å². The van der Waals surface area contributed by atoms with Gasteiger partial charge in [0.25, 0.3) is 0 Å². The van der Waals surface area contributed by atoms with Gasteiger partial charge in [0.05, 0.1) is 6.61 Å². The number of hydrogen-bond donors (Lipinski definition) is 0. The maximum Gasteiger partial charge on any atom is 0.303 e. The molecule has 1 saturated heterocycles. The van der Waals surface area contributed by atoms with E-state index in [1.54, 1.807) is 0 Å². The van der Waals surface area contributed by atoms with Crippen LogP contribution in [0.15, 0.2) is 0 Å². The molecule has 0 aliphatic carbocycles. The molecule has 0 radical (unpaired) electrons. The van der Waals surface area contributed by atoms with Crippen molar-refractivity contribution in [1.29, 1.82) is 0 Å². The van der Waals surface area contributed by atoms with Crippen molar-refractivity contribution in [3.05, 3.63) is 0 Å². The van der Waals surface area contributed by atoms with E-state index < -0.39 is 48.3 Å². The van der Waals surface area contributed by atoms with Gasteiger partial charge in [-0.15, -0.1) is 0 Å². The zero-order valence-electron chi connectivity index (χ0n) is 13.4. The van der Waals surface area contributed by atoms with E-state index >= 15 is 0 Å². The highest BCUT2D eigenvalue weighted by Crippen LogP contribution is 2.25. The number of rotatable bonds is 6. The predicted molar refractivity (Wildman–Crippen MR) is 73.0 cm³/mol. The lowest BCUT2D eigenvalue weighted by Gasteiger charge is -2.27. The van der Waals surface area contributed by atoms with Gasteiger partial charge >= 0.3 is 23.9 Å². The van der Waals surface area contributed by atoms with Crippen LogP contribution in [0.25, 0.3) is 0 Å². The van der Waals surface area contributed by atoms with Gasteiger partial charge in [-0.1, -0.05) is 0 Å². The Labute approximate surface area is 133 Å². The first kappa shape index (κ1) is 18.9. The standard InChI is InChI=1S/C14H20O9/c1-7(15)19-5-11(21-8(2)16)13-14(23-10(4)18)12(6-20-13)22-9(3)17/h11-14H,5-6H2,1-4H3. The Hall–Kier alpha value is -2.16. The van der Waals surface area contributed by atoms with E-state index in [0.717, 1.165) is 0 Å². The fourth-order valence-corrected chi connectivity index (χ4v) is 2.18. The minimum atomic E-state index is -0.999. The summed E-state index contributed by atoms with van der Waals surface area (Å²) in [4.78, 5) is 44.6. The summed E-state index contributed by atoms with van der Waals surface area (Å²) in [6, 6.07) is 0. The van der Waals surface area contributed by atoms with Crippen LogP contribution >= 0.6 is 0 Å². The van der Waals surface area contributed by atoms with Crippen LogP contribution in [0.3, 0.4) is 0 Å². The number of carbonyl (C=O) groups excluding carboxylic acids is 4. The second kappa shape index (κ2) is 8.47. The number of carbonyl (C=O) groups is 4. The molecule has 23 heavy (non-hydrogen) atoms. The average molecular weight is 332 g/mol. The second-order valence-electron chi connectivity index (χ2n) is 4.97. The van der Waals surface area contributed by atoms with Crippen LogP contribution < -0.4 is 0 Å². The van der Waals surface area contributed by atoms with Crippen LogP contribution in [0.2, 0.25) is 0 Å². The van der Waals surface area contributed by atoms with Crippen molar-refractivity contribution in [2.45, 2.75) is 52.1 Å². The van der Waals surface area contributed by atoms with Gasteiger partial charge < -0.3 is 23.7 Å². The van der Waals surface area contributed by atoms with E-state index in [-0.39, 0.29) is 13.2 Å². The van der Waals surface area contributed by atoms with Crippen LogP contribution in [0, 0.1) is 0 Å². The molecule has 0 amide bonds. The number of hydrogen-bond acceptors (Lipinski definition) is 9. The lowest BCUT2D eigenvalue weighted by Crippen LogP contribution is -2.46. The fourth-order valence-electron chi connectivity index (χ4n) is 2.18. The van der Waals surface area contributed by atoms with E-state index in [9.17, 15) is 19.2 Å². The van der Waals surface area contributed by atoms with Gasteiger partial charge in [0.15, 0.2) is 18.3 Å². The summed E-state index contributed by atoms with van der Waals surface area (Å²) in [7, 11) is 0. The molecule has 130 valence electrons. The molecule has 0 spiro atoms. The van der Waals surface area contributed by atoms with Gasteiger partial charge in [-0.2, -0.15) is 0 Å². The third-order valence-corrected chi connectivity index (χ3v) is 2.90. The second-order valence-corrected chi connectivity index (χ2v) is 4.97. The Morgan fingerprint density at radius 2 is 1.57 bits per heavy atom. The quantitative estimate of drug-likeness (QED) is 0.479. The van der Waals surface area contributed by atoms with Crippen molar-refractivity contribution in [2.75, 3.05) is 13.2 Å². The fraction of sp³-hybridized carbons (Fsp3) is 0.714. The van der Waals surface area contributed by atoms with Crippen molar-refractivity contribution in [3.63, 3.8) is 0 Å². The van der Waals surface area contributed by atoms with E-state index in [4.69, 9.17) is 23.7 Å². The molecular formula is C14H20O9. The minimum Gasteiger partial charge on any atom is -0.462 e. The molecule has 4 atom stereocenters. The molecule has 1 aliphatic rings. The summed E-state index contributed by atoms with van der Waals surface area (Å²) in [6.07, 6.45) is -3.74. The first-order chi connectivity index (χ1) is 10.7. The monoisotopic (exact) mass is 332 g/mol. The van der Waals surface area contributed by atoms with Crippen LogP contribution in [-0.2, 0) is 42.9 Å². The number of esters is 4. The van der Waals surface area contributed by atoms with E-state index in [2.05, 4.69) is 0 Å². The third kappa shape index (κ3) is 6.23. The van der Waals surface area contributed by atoms with Crippen LogP contribution in [0.1, 0.15) is 27.7 Å². The Morgan fingerprint density at radius 1 is 0.957 bits per heavy atom. The molecule has 0 saturated carbocycles. The largest absolute Gasteiger partial charge is 0.462 e. The molecule has 0 N–H and O–H groups in total. The molecule has 1 rings (SSSR count). The molecule has 9 heteroatoms. The zero-order valence-corrected chi connectivity index (χ0v) is 13.4. The molecule has 0 aromatic heterocycles. The van der Waals surface area contributed by atoms with Gasteiger partial charge in [0.2, 0.25) is 0 Å². The maximum atomic E-state index is 11.3. The summed E-state index contributed by atoms with van der Waals surface area (Å²) in [6.45, 7) is 4.46. The third-order valence-electron chi connectivity index (χ3n) is 2.90. The highest BCUT2D eigenvalue weighted by Gasteiger charge is 2.47. The van der Waals surface area contributed by atoms with Crippen LogP contribution in [0.5, 0.6) is 0 Å². The molecule has 1 heterocycles. The van der Waals surface area contributed by atoms with Crippen LogP contribution in [-0.4, -0.2) is 61.5 Å². The minimum absolute atomic E-state index is 0.0416. The van der Waals surface area contributed by atoms with Crippen molar-refractivity contribution >= 4 is 23.9 Å². The maximum absolute atomic E-state index is 11.3. The summed E-state index contributed by atoms with van der Waals surface area (Å²) < 4.78 is 25.6. The smallest absolute Gasteiger partial charge is 0.303 e. The summed E-state index contributed by atoms with van der Waals surface area (Å²) in [5, 5.41) is 0. The Balaban J connectivity index is 2.91. The van der Waals surface area contributed by atoms with Crippen LogP contribution in [0.4, 0.5) is 0 Å². The first-order valence-electron chi connectivity index (χ1n) is 6.97. The summed E-state index contributed by atoms with van der Waals surface area (Å²) in [5.41, 5.74) is 0. The van der Waals surface area contributed by atoms with E-state index in [1.807, 2.05) is 0 Å². The Morgan fingerprint density at radius 3 is 2.04 bits per heavy atom. The lowest BCUT2D eigenvalue weighted by molar-refractivity contribution is -0.176. The molecule has 4 unspecified atom stereocenters. The molecule has 9 nitrogen and oxygen atoms in total. The highest BCUT2D eigenvalue weighted by molar-refractivity contribution is 5.68. The zero-order chi connectivity index (χ0) is 17.6. The lowest BCUT2D eigenvalue weighted by atomic mass is 10.1. The molecule has 0 aromatic rings. The Kier molecular flexibility index (Phi) is 6.95. The SMILES string of the molecule is CC(=O)OCC(OC(C)=O)C1OCC(OC(C)=O)C1OC(C)=O. The van der Waals surface area contributed by atoms with E-state index in [1.165, 1.54) is 27.7 Å². The van der Waals surface area contributed by atoms with Crippen molar-refractivity contribution in [1.82, 2.24) is 0 Å². The average Bonchev–Trinajstić information content (AvgIpc) is 2.75. The normalized spacial score (nSPS) is 24.4. The first-order valence-corrected chi connectivity index (χ1v) is 6.97. The molecule has 1 aliphatic heterocycles. The molecule has 1 fully saturated rings. The molecule has 0 aromatic carbocycles. The molecule has 0 bridgehead atoms. The highest BCUT2D eigenvalue weighted by atomic mass is 16.7. The van der Waals surface area contributed by atoms with Gasteiger partial charge in [-0.25, -0.2) is 0 Å². The van der Waals surface area contributed by atoms with Gasteiger partial charge in [0, 0.05) is 27.7 Å². The number of ether oxygens (including phenoxy) is 5. The van der Waals surface area contributed by atoms with Crippen molar-refractivity contribution < 1.29 is 42.9 Å². The van der Waals surface area contributed by atoms with Gasteiger partial charge in [-0.3, -0.25) is 19.2 Å². The summed E-state index contributed by atoms with van der Waals surface area (Å²) >= 11 is 0. The Bertz CT molecular complexity index is 473. The van der Waals surface area contributed by atoms with E-state index in [0.29, 0.717) is 0 Å². The topological polar surface area (TPSA) is 114 Å².